The van der Waals surface area contributed by atoms with E-state index in [1.807, 2.05) is 7.05 Å². The maximum absolute atomic E-state index is 11.9. The minimum atomic E-state index is -0.402. The summed E-state index contributed by atoms with van der Waals surface area (Å²) >= 11 is 0. The topological polar surface area (TPSA) is 52.6 Å². The molecule has 2 atom stereocenters. The van der Waals surface area contributed by atoms with Crippen LogP contribution in [0.15, 0.2) is 0 Å². The molecule has 0 aromatic carbocycles. The maximum Gasteiger partial charge on any atom is 0.222 e. The predicted molar refractivity (Wildman–Crippen MR) is 57.4 cm³/mol. The van der Waals surface area contributed by atoms with Crippen LogP contribution in [0.25, 0.3) is 0 Å². The summed E-state index contributed by atoms with van der Waals surface area (Å²) in [5, 5.41) is 12.8. The van der Waals surface area contributed by atoms with E-state index >= 15 is 0 Å². The fourth-order valence-corrected chi connectivity index (χ4v) is 2.32. The van der Waals surface area contributed by atoms with Gasteiger partial charge >= 0.3 is 0 Å². The molecule has 2 N–H and O–H groups in total. The van der Waals surface area contributed by atoms with Gasteiger partial charge in [-0.05, 0) is 18.8 Å². The van der Waals surface area contributed by atoms with Gasteiger partial charge in [0.05, 0.1) is 12.1 Å². The number of hydrogen-bond donors (Lipinski definition) is 2. The van der Waals surface area contributed by atoms with E-state index in [1.54, 1.807) is 4.90 Å². The van der Waals surface area contributed by atoms with Crippen LogP contribution in [-0.4, -0.2) is 48.2 Å². The van der Waals surface area contributed by atoms with Gasteiger partial charge in [-0.2, -0.15) is 0 Å². The van der Waals surface area contributed by atoms with E-state index in [1.165, 1.54) is 19.3 Å². The Morgan fingerprint density at radius 1 is 1.47 bits per heavy atom. The SMILES string of the molecule is CN(C(=O)CC1CCC1)[C@@H]1CNC[C@H]1O. The second-order valence-electron chi connectivity index (χ2n) is 4.80. The lowest BCUT2D eigenvalue weighted by molar-refractivity contribution is -0.134. The number of carbonyl (C=O) groups excluding carboxylic acids is 1. The molecule has 0 bridgehead atoms. The van der Waals surface area contributed by atoms with Gasteiger partial charge in [0.1, 0.15) is 0 Å². The van der Waals surface area contributed by atoms with Gasteiger partial charge in [0.2, 0.25) is 5.91 Å². The quantitative estimate of drug-likeness (QED) is 0.690. The summed E-state index contributed by atoms with van der Waals surface area (Å²) in [6.07, 6.45) is 3.94. The molecule has 0 aromatic rings. The third-order valence-electron chi connectivity index (χ3n) is 3.73. The maximum atomic E-state index is 11.9. The van der Waals surface area contributed by atoms with Crippen molar-refractivity contribution in [2.24, 2.45) is 5.92 Å². The van der Waals surface area contributed by atoms with Crippen molar-refractivity contribution in [2.45, 2.75) is 37.8 Å². The molecule has 0 spiro atoms. The Hall–Kier alpha value is -0.610. The summed E-state index contributed by atoms with van der Waals surface area (Å²) < 4.78 is 0. The van der Waals surface area contributed by atoms with E-state index in [0.717, 1.165) is 0 Å². The highest BCUT2D eigenvalue weighted by Gasteiger charge is 2.32. The lowest BCUT2D eigenvalue weighted by Gasteiger charge is -2.30. The fraction of sp³-hybridized carbons (Fsp3) is 0.909. The van der Waals surface area contributed by atoms with Crippen LogP contribution in [0.1, 0.15) is 25.7 Å². The number of amides is 1. The number of nitrogens with zero attached hydrogens (tertiary/aromatic N) is 1. The van der Waals surface area contributed by atoms with Crippen LogP contribution >= 0.6 is 0 Å². The third-order valence-corrected chi connectivity index (χ3v) is 3.73. The zero-order valence-electron chi connectivity index (χ0n) is 9.28. The van der Waals surface area contributed by atoms with Crippen molar-refractivity contribution in [1.29, 1.82) is 0 Å². The van der Waals surface area contributed by atoms with Crippen molar-refractivity contribution < 1.29 is 9.90 Å². The zero-order chi connectivity index (χ0) is 10.8. The molecule has 0 unspecified atom stereocenters. The number of aliphatic hydroxyl groups is 1. The van der Waals surface area contributed by atoms with E-state index in [9.17, 15) is 9.90 Å². The molecule has 2 fully saturated rings. The van der Waals surface area contributed by atoms with Crippen molar-refractivity contribution in [3.8, 4) is 0 Å². The Balaban J connectivity index is 1.82. The Bertz CT molecular complexity index is 241. The zero-order valence-corrected chi connectivity index (χ0v) is 9.28. The molecule has 4 heteroatoms. The van der Waals surface area contributed by atoms with E-state index in [0.29, 0.717) is 25.4 Å². The smallest absolute Gasteiger partial charge is 0.222 e. The number of hydrogen-bond acceptors (Lipinski definition) is 3. The highest BCUT2D eigenvalue weighted by molar-refractivity contribution is 5.76. The predicted octanol–water partition coefficient (Wildman–Crippen LogP) is -0.0323. The van der Waals surface area contributed by atoms with Crippen molar-refractivity contribution in [3.63, 3.8) is 0 Å². The van der Waals surface area contributed by atoms with Crippen molar-refractivity contribution in [3.05, 3.63) is 0 Å². The molecule has 0 aromatic heterocycles. The molecule has 1 aliphatic heterocycles. The van der Waals surface area contributed by atoms with E-state index in [4.69, 9.17) is 0 Å². The Kier molecular flexibility index (Phi) is 3.26. The second kappa shape index (κ2) is 4.49. The molecular weight excluding hydrogens is 192 g/mol. The second-order valence-corrected chi connectivity index (χ2v) is 4.80. The van der Waals surface area contributed by atoms with Crippen LogP contribution in [0.3, 0.4) is 0 Å². The number of β-amino-alcohol motifs (C(OH)–C–C–N with tert-alkyl or cyclic N) is 1. The lowest BCUT2D eigenvalue weighted by atomic mass is 9.82. The third kappa shape index (κ3) is 2.32. The fourth-order valence-electron chi connectivity index (χ4n) is 2.32. The molecule has 1 amide bonds. The number of likely N-dealkylation sites (N-methyl/N-ethyl adjacent to an activating group) is 1. The average molecular weight is 212 g/mol. The van der Waals surface area contributed by atoms with E-state index < -0.39 is 6.10 Å². The molecule has 1 aliphatic carbocycles. The van der Waals surface area contributed by atoms with Gasteiger partial charge in [-0.3, -0.25) is 4.79 Å². The van der Waals surface area contributed by atoms with Crippen LogP contribution in [0, 0.1) is 5.92 Å². The first-order valence-corrected chi connectivity index (χ1v) is 5.83. The first-order chi connectivity index (χ1) is 7.18. The number of rotatable bonds is 3. The van der Waals surface area contributed by atoms with Crippen LogP contribution < -0.4 is 5.32 Å². The monoisotopic (exact) mass is 212 g/mol. The van der Waals surface area contributed by atoms with Crippen LogP contribution in [-0.2, 0) is 4.79 Å². The summed E-state index contributed by atoms with van der Waals surface area (Å²) in [4.78, 5) is 13.6. The molecule has 4 nitrogen and oxygen atoms in total. The molecule has 1 saturated heterocycles. The molecule has 1 heterocycles. The molecule has 1 saturated carbocycles. The van der Waals surface area contributed by atoms with Crippen LogP contribution in [0.4, 0.5) is 0 Å². The van der Waals surface area contributed by atoms with Gasteiger partial charge in [-0.1, -0.05) is 6.42 Å². The normalized spacial score (nSPS) is 31.3. The minimum Gasteiger partial charge on any atom is -0.390 e. The summed E-state index contributed by atoms with van der Waals surface area (Å²) in [5.41, 5.74) is 0. The summed E-state index contributed by atoms with van der Waals surface area (Å²) in [7, 11) is 1.81. The Labute approximate surface area is 90.6 Å². The van der Waals surface area contributed by atoms with Gasteiger partial charge < -0.3 is 15.3 Å². The molecular formula is C11H20N2O2. The van der Waals surface area contributed by atoms with Crippen LogP contribution in [0.2, 0.25) is 0 Å². The summed E-state index contributed by atoms with van der Waals surface area (Å²) in [5.74, 6) is 0.791. The first kappa shape index (κ1) is 10.9. The average Bonchev–Trinajstić information content (AvgIpc) is 2.56. The number of aliphatic hydroxyl groups excluding tert-OH is 1. The van der Waals surface area contributed by atoms with Crippen LogP contribution in [0.5, 0.6) is 0 Å². The van der Waals surface area contributed by atoms with Crippen molar-refractivity contribution >= 4 is 5.91 Å². The number of nitrogens with one attached hydrogen (secondary N) is 1. The van der Waals surface area contributed by atoms with Gasteiger partial charge in [-0.15, -0.1) is 0 Å². The van der Waals surface area contributed by atoms with Gasteiger partial charge in [0.15, 0.2) is 0 Å². The van der Waals surface area contributed by atoms with Crippen molar-refractivity contribution in [1.82, 2.24) is 10.2 Å². The van der Waals surface area contributed by atoms with E-state index in [-0.39, 0.29) is 11.9 Å². The number of carbonyl (C=O) groups is 1. The first-order valence-electron chi connectivity index (χ1n) is 5.83. The molecule has 15 heavy (non-hydrogen) atoms. The Morgan fingerprint density at radius 3 is 2.67 bits per heavy atom. The Morgan fingerprint density at radius 2 is 2.20 bits per heavy atom. The molecule has 2 aliphatic rings. The summed E-state index contributed by atoms with van der Waals surface area (Å²) in [6.45, 7) is 1.32. The largest absolute Gasteiger partial charge is 0.390 e. The lowest BCUT2D eigenvalue weighted by Crippen LogP contribution is -2.45. The highest BCUT2D eigenvalue weighted by atomic mass is 16.3. The molecule has 0 radical (unpaired) electrons. The summed E-state index contributed by atoms with van der Waals surface area (Å²) in [6, 6.07) is -0.0300. The van der Waals surface area contributed by atoms with Gasteiger partial charge in [0.25, 0.3) is 0 Å². The molecule has 86 valence electrons. The molecule has 2 rings (SSSR count). The van der Waals surface area contributed by atoms with Gasteiger partial charge in [0, 0.05) is 26.6 Å². The minimum absolute atomic E-state index is 0.0300. The van der Waals surface area contributed by atoms with Crippen molar-refractivity contribution in [2.75, 3.05) is 20.1 Å². The standard InChI is InChI=1S/C11H20N2O2/c1-13(9-6-12-7-10(9)14)11(15)5-8-3-2-4-8/h8-10,12,14H,2-7H2,1H3/t9-,10-/m1/s1. The van der Waals surface area contributed by atoms with E-state index in [2.05, 4.69) is 5.32 Å². The van der Waals surface area contributed by atoms with Gasteiger partial charge in [-0.25, -0.2) is 0 Å². The highest BCUT2D eigenvalue weighted by Crippen LogP contribution is 2.30.